The van der Waals surface area contributed by atoms with Crippen molar-refractivity contribution in [2.45, 2.75) is 38.1 Å². The smallest absolute Gasteiger partial charge is 0.320 e. The lowest BCUT2D eigenvalue weighted by Crippen LogP contribution is -2.55. The molecular weight excluding hydrogens is 318 g/mol. The van der Waals surface area contributed by atoms with Crippen LogP contribution in [-0.2, 0) is 10.3 Å². The molecule has 0 saturated carbocycles. The van der Waals surface area contributed by atoms with Gasteiger partial charge in [0.1, 0.15) is 5.75 Å². The summed E-state index contributed by atoms with van der Waals surface area (Å²) in [6.45, 7) is 4.53. The molecule has 2 aliphatic heterocycles. The summed E-state index contributed by atoms with van der Waals surface area (Å²) >= 11 is 0. The molecule has 0 radical (unpaired) electrons. The zero-order valence-electron chi connectivity index (χ0n) is 15.1. The maximum Gasteiger partial charge on any atom is 0.320 e. The van der Waals surface area contributed by atoms with E-state index >= 15 is 0 Å². The van der Waals surface area contributed by atoms with Crippen molar-refractivity contribution >= 4 is 11.9 Å². The lowest BCUT2D eigenvalue weighted by Gasteiger charge is -2.43. The fraction of sp³-hybridized carbons (Fsp3) is 0.579. The van der Waals surface area contributed by atoms with E-state index in [2.05, 4.69) is 5.32 Å². The number of likely N-dealkylation sites (tertiary alicyclic amines) is 2. The summed E-state index contributed by atoms with van der Waals surface area (Å²) in [5.41, 5.74) is 0.501. The molecule has 0 bridgehead atoms. The molecule has 0 spiro atoms. The number of nitrogens with one attached hydrogen (secondary N) is 1. The number of ether oxygens (including phenoxy) is 1. The van der Waals surface area contributed by atoms with E-state index < -0.39 is 5.54 Å². The Morgan fingerprint density at radius 3 is 2.24 bits per heavy atom. The Balaban J connectivity index is 1.79. The lowest BCUT2D eigenvalue weighted by atomic mass is 9.80. The highest BCUT2D eigenvalue weighted by Gasteiger charge is 2.40. The molecule has 0 aliphatic carbocycles. The van der Waals surface area contributed by atoms with Crippen LogP contribution < -0.4 is 10.1 Å². The van der Waals surface area contributed by atoms with Crippen LogP contribution in [-0.4, -0.2) is 55.0 Å². The van der Waals surface area contributed by atoms with E-state index in [9.17, 15) is 9.59 Å². The average Bonchev–Trinajstić information content (AvgIpc) is 3.16. The maximum absolute atomic E-state index is 12.6. The molecular formula is C19H27N3O3. The Hall–Kier alpha value is -2.24. The molecule has 136 valence electrons. The van der Waals surface area contributed by atoms with E-state index in [0.29, 0.717) is 25.9 Å². The Labute approximate surface area is 149 Å². The van der Waals surface area contributed by atoms with Gasteiger partial charge in [0.05, 0.1) is 12.6 Å². The summed E-state index contributed by atoms with van der Waals surface area (Å²) in [6.07, 6.45) is 3.56. The van der Waals surface area contributed by atoms with Gasteiger partial charge in [-0.1, -0.05) is 18.2 Å². The number of methoxy groups -OCH3 is 1. The van der Waals surface area contributed by atoms with Gasteiger partial charge < -0.3 is 19.9 Å². The summed E-state index contributed by atoms with van der Waals surface area (Å²) < 4.78 is 5.52. The molecule has 1 aromatic rings. The first kappa shape index (κ1) is 17.6. The highest BCUT2D eigenvalue weighted by Crippen LogP contribution is 2.38. The summed E-state index contributed by atoms with van der Waals surface area (Å²) in [4.78, 5) is 28.4. The van der Waals surface area contributed by atoms with Crippen molar-refractivity contribution < 1.29 is 14.3 Å². The molecule has 2 heterocycles. The zero-order valence-corrected chi connectivity index (χ0v) is 15.1. The maximum atomic E-state index is 12.6. The monoisotopic (exact) mass is 345 g/mol. The SMILES string of the molecule is COc1ccccc1C1(NC(C)=O)CCN(C(=O)N2CCCC2)CC1. The van der Waals surface area contributed by atoms with Crippen molar-refractivity contribution in [3.05, 3.63) is 29.8 Å². The number of rotatable bonds is 3. The molecule has 2 fully saturated rings. The van der Waals surface area contributed by atoms with Gasteiger partial charge >= 0.3 is 6.03 Å². The van der Waals surface area contributed by atoms with E-state index in [0.717, 1.165) is 37.2 Å². The fourth-order valence-electron chi connectivity index (χ4n) is 4.03. The van der Waals surface area contributed by atoms with Crippen LogP contribution in [0, 0.1) is 0 Å². The predicted octanol–water partition coefficient (Wildman–Crippen LogP) is 2.34. The summed E-state index contributed by atoms with van der Waals surface area (Å²) in [6, 6.07) is 7.95. The van der Waals surface area contributed by atoms with E-state index in [4.69, 9.17) is 4.74 Å². The second-order valence-corrected chi connectivity index (χ2v) is 6.93. The van der Waals surface area contributed by atoms with E-state index in [-0.39, 0.29) is 11.9 Å². The minimum atomic E-state index is -0.486. The molecule has 3 rings (SSSR count). The number of hydrogen-bond acceptors (Lipinski definition) is 3. The van der Waals surface area contributed by atoms with Gasteiger partial charge in [-0.3, -0.25) is 4.79 Å². The number of urea groups is 1. The van der Waals surface area contributed by atoms with Gasteiger partial charge in [0, 0.05) is 38.7 Å². The molecule has 25 heavy (non-hydrogen) atoms. The van der Waals surface area contributed by atoms with Crippen molar-refractivity contribution in [2.75, 3.05) is 33.3 Å². The number of hydrogen-bond donors (Lipinski definition) is 1. The highest BCUT2D eigenvalue weighted by atomic mass is 16.5. The first-order chi connectivity index (χ1) is 12.1. The Morgan fingerprint density at radius 2 is 1.64 bits per heavy atom. The highest BCUT2D eigenvalue weighted by molar-refractivity contribution is 5.76. The zero-order chi connectivity index (χ0) is 17.9. The van der Waals surface area contributed by atoms with Crippen molar-refractivity contribution in [1.29, 1.82) is 0 Å². The minimum Gasteiger partial charge on any atom is -0.496 e. The van der Waals surface area contributed by atoms with Crippen molar-refractivity contribution in [1.82, 2.24) is 15.1 Å². The summed E-state index contributed by atoms with van der Waals surface area (Å²) in [5.74, 6) is 0.709. The van der Waals surface area contributed by atoms with Crippen LogP contribution >= 0.6 is 0 Å². The Bertz CT molecular complexity index is 633. The average molecular weight is 345 g/mol. The molecule has 6 heteroatoms. The molecule has 6 nitrogen and oxygen atoms in total. The second-order valence-electron chi connectivity index (χ2n) is 6.93. The molecule has 2 aliphatic rings. The van der Waals surface area contributed by atoms with Gasteiger partial charge in [0.2, 0.25) is 5.91 Å². The standard InChI is InChI=1S/C19H27N3O3/c1-15(23)20-19(16-7-3-4-8-17(16)25-2)9-13-22(14-10-19)18(24)21-11-5-6-12-21/h3-4,7-8H,5-6,9-14H2,1-2H3,(H,20,23). The van der Waals surface area contributed by atoms with Gasteiger partial charge in [-0.15, -0.1) is 0 Å². The summed E-state index contributed by atoms with van der Waals surface area (Å²) in [5, 5.41) is 3.14. The van der Waals surface area contributed by atoms with Crippen LogP contribution in [0.15, 0.2) is 24.3 Å². The number of piperidine rings is 1. The number of nitrogens with zero attached hydrogens (tertiary/aromatic N) is 2. The number of carbonyl (C=O) groups is 2. The summed E-state index contributed by atoms with van der Waals surface area (Å²) in [7, 11) is 1.65. The van der Waals surface area contributed by atoms with Crippen LogP contribution in [0.25, 0.3) is 0 Å². The predicted molar refractivity (Wildman–Crippen MR) is 95.5 cm³/mol. The molecule has 1 aromatic carbocycles. The molecule has 0 atom stereocenters. The molecule has 3 amide bonds. The third kappa shape index (κ3) is 3.57. The van der Waals surface area contributed by atoms with Gasteiger partial charge in [0.25, 0.3) is 0 Å². The van der Waals surface area contributed by atoms with Gasteiger partial charge in [0.15, 0.2) is 0 Å². The van der Waals surface area contributed by atoms with Crippen LogP contribution in [0.2, 0.25) is 0 Å². The third-order valence-corrected chi connectivity index (χ3v) is 5.30. The largest absolute Gasteiger partial charge is 0.496 e. The second kappa shape index (κ2) is 7.33. The van der Waals surface area contributed by atoms with Crippen molar-refractivity contribution in [3.63, 3.8) is 0 Å². The Morgan fingerprint density at radius 1 is 1.04 bits per heavy atom. The molecule has 2 saturated heterocycles. The van der Waals surface area contributed by atoms with Gasteiger partial charge in [-0.25, -0.2) is 4.79 Å². The normalized spacial score (nSPS) is 19.6. The van der Waals surface area contributed by atoms with E-state index in [1.807, 2.05) is 34.1 Å². The molecule has 0 aromatic heterocycles. The van der Waals surface area contributed by atoms with Gasteiger partial charge in [-0.2, -0.15) is 0 Å². The fourth-order valence-corrected chi connectivity index (χ4v) is 4.03. The number of carbonyl (C=O) groups excluding carboxylic acids is 2. The Kier molecular flexibility index (Phi) is 5.16. The van der Waals surface area contributed by atoms with E-state index in [1.54, 1.807) is 14.0 Å². The number of benzene rings is 1. The third-order valence-electron chi connectivity index (χ3n) is 5.30. The molecule has 0 unspecified atom stereocenters. The number of para-hydroxylation sites is 1. The van der Waals surface area contributed by atoms with Crippen LogP contribution in [0.4, 0.5) is 4.79 Å². The molecule has 1 N–H and O–H groups in total. The van der Waals surface area contributed by atoms with Crippen LogP contribution in [0.3, 0.4) is 0 Å². The minimum absolute atomic E-state index is 0.0646. The topological polar surface area (TPSA) is 61.9 Å². The van der Waals surface area contributed by atoms with Crippen LogP contribution in [0.5, 0.6) is 5.75 Å². The van der Waals surface area contributed by atoms with Crippen molar-refractivity contribution in [3.8, 4) is 5.75 Å². The number of amides is 3. The van der Waals surface area contributed by atoms with Gasteiger partial charge in [-0.05, 0) is 31.7 Å². The first-order valence-electron chi connectivity index (χ1n) is 9.02. The lowest BCUT2D eigenvalue weighted by molar-refractivity contribution is -0.121. The van der Waals surface area contributed by atoms with Crippen LogP contribution in [0.1, 0.15) is 38.2 Å². The quantitative estimate of drug-likeness (QED) is 0.915. The van der Waals surface area contributed by atoms with Crippen molar-refractivity contribution in [2.24, 2.45) is 0 Å². The first-order valence-corrected chi connectivity index (χ1v) is 9.02. The van der Waals surface area contributed by atoms with E-state index in [1.165, 1.54) is 0 Å².